The van der Waals surface area contributed by atoms with Gasteiger partial charge in [-0.2, -0.15) is 0 Å². The lowest BCUT2D eigenvalue weighted by Gasteiger charge is -2.33. The lowest BCUT2D eigenvalue weighted by Crippen LogP contribution is -2.48. The fourth-order valence-corrected chi connectivity index (χ4v) is 3.97. The van der Waals surface area contributed by atoms with E-state index < -0.39 is 0 Å². The summed E-state index contributed by atoms with van der Waals surface area (Å²) in [6.07, 6.45) is 0.795. The van der Waals surface area contributed by atoms with Crippen molar-refractivity contribution in [1.29, 1.82) is 0 Å². The Morgan fingerprint density at radius 3 is 2.52 bits per heavy atom. The topological polar surface area (TPSA) is 36.4 Å². The summed E-state index contributed by atoms with van der Waals surface area (Å²) in [5.74, 6) is 0.148. The second-order valence-corrected chi connectivity index (χ2v) is 6.99. The van der Waals surface area contributed by atoms with E-state index in [2.05, 4.69) is 28.9 Å². The third-order valence-corrected chi connectivity index (χ3v) is 5.49. The summed E-state index contributed by atoms with van der Waals surface area (Å²) in [5.41, 5.74) is 2.10. The van der Waals surface area contributed by atoms with Gasteiger partial charge in [0.15, 0.2) is 0 Å². The van der Waals surface area contributed by atoms with Crippen molar-refractivity contribution in [1.82, 2.24) is 14.8 Å². The molecule has 3 rings (SSSR count). The van der Waals surface area contributed by atoms with E-state index in [0.717, 1.165) is 54.7 Å². The number of likely N-dealkylation sites (N-methyl/N-ethyl adjacent to an activating group) is 1. The number of carbonyl (C=O) groups excluding carboxylic acids is 1. The maximum atomic E-state index is 12.8. The maximum Gasteiger partial charge on any atom is 0.265 e. The Balaban J connectivity index is 1.69. The van der Waals surface area contributed by atoms with Crippen molar-refractivity contribution < 1.29 is 4.79 Å². The molecular weight excluding hydrogens is 306 g/mol. The largest absolute Gasteiger partial charge is 0.335 e. The van der Waals surface area contributed by atoms with Crippen molar-refractivity contribution in [2.24, 2.45) is 0 Å². The zero-order valence-corrected chi connectivity index (χ0v) is 14.6. The molecule has 122 valence electrons. The molecule has 1 saturated heterocycles. The van der Waals surface area contributed by atoms with Gasteiger partial charge in [-0.25, -0.2) is 4.98 Å². The van der Waals surface area contributed by atoms with Gasteiger partial charge >= 0.3 is 0 Å². The van der Waals surface area contributed by atoms with Crippen LogP contribution in [0.15, 0.2) is 30.3 Å². The number of nitrogens with zero attached hydrogens (tertiary/aromatic N) is 3. The minimum absolute atomic E-state index is 0.148. The van der Waals surface area contributed by atoms with E-state index in [9.17, 15) is 4.79 Å². The Bertz CT molecular complexity index is 660. The SMILES string of the molecule is CCN1CCN(C(=O)c2sc(Cc3ccccc3)nc2C)CC1. The van der Waals surface area contributed by atoms with Gasteiger partial charge in [0.1, 0.15) is 4.88 Å². The fraction of sp³-hybridized carbons (Fsp3) is 0.444. The third-order valence-electron chi connectivity index (χ3n) is 4.34. The number of hydrogen-bond acceptors (Lipinski definition) is 4. The monoisotopic (exact) mass is 329 g/mol. The van der Waals surface area contributed by atoms with E-state index in [1.165, 1.54) is 5.56 Å². The molecule has 1 aromatic carbocycles. The van der Waals surface area contributed by atoms with Crippen LogP contribution in [0.1, 0.15) is 32.9 Å². The number of piperazine rings is 1. The zero-order chi connectivity index (χ0) is 16.2. The molecule has 2 heterocycles. The predicted octanol–water partition coefficient (Wildman–Crippen LogP) is 2.82. The summed E-state index contributed by atoms with van der Waals surface area (Å²) < 4.78 is 0. The first-order valence-corrected chi connectivity index (χ1v) is 9.01. The Morgan fingerprint density at radius 1 is 1.17 bits per heavy atom. The Hall–Kier alpha value is -1.72. The molecule has 0 spiro atoms. The number of aromatic nitrogens is 1. The second-order valence-electron chi connectivity index (χ2n) is 5.91. The molecule has 0 atom stereocenters. The number of benzene rings is 1. The summed E-state index contributed by atoms with van der Waals surface area (Å²) in [6, 6.07) is 10.3. The molecule has 5 heteroatoms. The van der Waals surface area contributed by atoms with Crippen molar-refractivity contribution in [2.75, 3.05) is 32.7 Å². The molecule has 1 aliphatic heterocycles. The summed E-state index contributed by atoms with van der Waals surface area (Å²) in [4.78, 5) is 22.5. The maximum absolute atomic E-state index is 12.8. The van der Waals surface area contributed by atoms with E-state index in [1.54, 1.807) is 11.3 Å². The van der Waals surface area contributed by atoms with Crippen molar-refractivity contribution in [3.63, 3.8) is 0 Å². The molecule has 23 heavy (non-hydrogen) atoms. The molecule has 0 bridgehead atoms. The van der Waals surface area contributed by atoms with Crippen molar-refractivity contribution in [3.8, 4) is 0 Å². The van der Waals surface area contributed by atoms with Gasteiger partial charge in [0.25, 0.3) is 5.91 Å². The highest BCUT2D eigenvalue weighted by Gasteiger charge is 2.24. The van der Waals surface area contributed by atoms with Crippen LogP contribution in [0.3, 0.4) is 0 Å². The number of rotatable bonds is 4. The number of amides is 1. The van der Waals surface area contributed by atoms with Crippen LogP contribution in [0, 0.1) is 6.92 Å². The minimum atomic E-state index is 0.148. The lowest BCUT2D eigenvalue weighted by atomic mass is 10.2. The van der Waals surface area contributed by atoms with E-state index in [0.29, 0.717) is 0 Å². The first-order chi connectivity index (χ1) is 11.2. The quantitative estimate of drug-likeness (QED) is 0.865. The summed E-state index contributed by atoms with van der Waals surface area (Å²) >= 11 is 1.55. The van der Waals surface area contributed by atoms with E-state index >= 15 is 0 Å². The van der Waals surface area contributed by atoms with Gasteiger partial charge in [-0.1, -0.05) is 37.3 Å². The van der Waals surface area contributed by atoms with Gasteiger partial charge in [0.05, 0.1) is 10.7 Å². The van der Waals surface area contributed by atoms with Crippen LogP contribution in [-0.4, -0.2) is 53.4 Å². The fourth-order valence-electron chi connectivity index (χ4n) is 2.91. The minimum Gasteiger partial charge on any atom is -0.335 e. The van der Waals surface area contributed by atoms with Gasteiger partial charge in [0.2, 0.25) is 0 Å². The molecule has 1 aliphatic rings. The number of carbonyl (C=O) groups is 1. The Morgan fingerprint density at radius 2 is 1.87 bits per heavy atom. The molecule has 2 aromatic rings. The number of thiazole rings is 1. The Labute approximate surface area is 141 Å². The van der Waals surface area contributed by atoms with Crippen molar-refractivity contribution >= 4 is 17.2 Å². The first kappa shape index (κ1) is 16.1. The average Bonchev–Trinajstić information content (AvgIpc) is 2.95. The van der Waals surface area contributed by atoms with Crippen LogP contribution in [0.2, 0.25) is 0 Å². The molecule has 0 radical (unpaired) electrons. The van der Waals surface area contributed by atoms with Gasteiger partial charge in [-0.15, -0.1) is 11.3 Å². The smallest absolute Gasteiger partial charge is 0.265 e. The molecule has 0 unspecified atom stereocenters. The molecule has 0 N–H and O–H groups in total. The van der Waals surface area contributed by atoms with Crippen LogP contribution < -0.4 is 0 Å². The van der Waals surface area contributed by atoms with Crippen LogP contribution in [0.25, 0.3) is 0 Å². The molecule has 0 saturated carbocycles. The Kier molecular flexibility index (Phi) is 5.08. The lowest BCUT2D eigenvalue weighted by molar-refractivity contribution is 0.0647. The van der Waals surface area contributed by atoms with Gasteiger partial charge in [-0.3, -0.25) is 4.79 Å². The van der Waals surface area contributed by atoms with Gasteiger partial charge < -0.3 is 9.80 Å². The van der Waals surface area contributed by atoms with Crippen LogP contribution in [0.5, 0.6) is 0 Å². The molecule has 4 nitrogen and oxygen atoms in total. The van der Waals surface area contributed by atoms with Crippen LogP contribution in [-0.2, 0) is 6.42 Å². The number of hydrogen-bond donors (Lipinski definition) is 0. The van der Waals surface area contributed by atoms with E-state index in [-0.39, 0.29) is 5.91 Å². The van der Waals surface area contributed by atoms with Crippen molar-refractivity contribution in [2.45, 2.75) is 20.3 Å². The van der Waals surface area contributed by atoms with Crippen LogP contribution in [0.4, 0.5) is 0 Å². The van der Waals surface area contributed by atoms with Crippen LogP contribution >= 0.6 is 11.3 Å². The van der Waals surface area contributed by atoms with Crippen molar-refractivity contribution in [3.05, 3.63) is 51.5 Å². The highest BCUT2D eigenvalue weighted by atomic mass is 32.1. The molecular formula is C18H23N3OS. The predicted molar refractivity (Wildman–Crippen MR) is 94.1 cm³/mol. The van der Waals surface area contributed by atoms with Gasteiger partial charge in [-0.05, 0) is 19.0 Å². The van der Waals surface area contributed by atoms with E-state index in [1.807, 2.05) is 30.0 Å². The zero-order valence-electron chi connectivity index (χ0n) is 13.8. The number of aryl methyl sites for hydroxylation is 1. The molecule has 0 aliphatic carbocycles. The summed E-state index contributed by atoms with van der Waals surface area (Å²) in [7, 11) is 0. The second kappa shape index (κ2) is 7.23. The van der Waals surface area contributed by atoms with Gasteiger partial charge in [0, 0.05) is 32.6 Å². The molecule has 1 aromatic heterocycles. The first-order valence-electron chi connectivity index (χ1n) is 8.19. The normalized spacial score (nSPS) is 15.8. The third kappa shape index (κ3) is 3.79. The highest BCUT2D eigenvalue weighted by Crippen LogP contribution is 2.23. The summed E-state index contributed by atoms with van der Waals surface area (Å²) in [5, 5.41) is 1.02. The molecule has 1 fully saturated rings. The average molecular weight is 329 g/mol. The standard InChI is InChI=1S/C18H23N3OS/c1-3-20-9-11-21(12-10-20)18(22)17-14(2)19-16(23-17)13-15-7-5-4-6-8-15/h4-8H,3,9-13H2,1-2H3. The summed E-state index contributed by atoms with van der Waals surface area (Å²) in [6.45, 7) is 8.74. The molecule has 1 amide bonds. The highest BCUT2D eigenvalue weighted by molar-refractivity contribution is 7.13. The van der Waals surface area contributed by atoms with E-state index in [4.69, 9.17) is 0 Å².